The number of rotatable bonds is 3. The highest BCUT2D eigenvalue weighted by molar-refractivity contribution is 9.10. The maximum Gasteiger partial charge on any atom is 0.0766 e. The lowest BCUT2D eigenvalue weighted by atomic mass is 10.1. The second kappa shape index (κ2) is 5.05. The van der Waals surface area contributed by atoms with Gasteiger partial charge in [-0.2, -0.15) is 0 Å². The highest BCUT2D eigenvalue weighted by atomic mass is 79.9. The van der Waals surface area contributed by atoms with Gasteiger partial charge in [0.2, 0.25) is 0 Å². The van der Waals surface area contributed by atoms with Crippen LogP contribution in [0.3, 0.4) is 0 Å². The predicted octanol–water partition coefficient (Wildman–Crippen LogP) is 4.30. The quantitative estimate of drug-likeness (QED) is 0.912. The molecule has 0 spiro atoms. The molecule has 2 rings (SSSR count). The fraction of sp³-hybridized carbons (Fsp3) is 0.357. The number of nitrogens with zero attached hydrogens (tertiary/aromatic N) is 1. The number of hydrogen-bond acceptors (Lipinski definition) is 2. The van der Waals surface area contributed by atoms with E-state index in [0.29, 0.717) is 0 Å². The van der Waals surface area contributed by atoms with Crippen molar-refractivity contribution >= 4 is 32.5 Å². The molecule has 0 fully saturated rings. The molecule has 1 heterocycles. The van der Waals surface area contributed by atoms with Gasteiger partial charge in [0, 0.05) is 28.3 Å². The van der Waals surface area contributed by atoms with Crippen LogP contribution in [0.5, 0.6) is 0 Å². The number of hydrogen-bond donors (Lipinski definition) is 1. The Morgan fingerprint density at radius 1 is 1.35 bits per heavy atom. The van der Waals surface area contributed by atoms with Crippen LogP contribution >= 0.6 is 15.9 Å². The van der Waals surface area contributed by atoms with E-state index >= 15 is 0 Å². The lowest BCUT2D eigenvalue weighted by Crippen LogP contribution is -1.98. The van der Waals surface area contributed by atoms with Crippen molar-refractivity contribution in [2.75, 3.05) is 12.4 Å². The fourth-order valence-electron chi connectivity index (χ4n) is 2.07. The summed E-state index contributed by atoms with van der Waals surface area (Å²) in [5.41, 5.74) is 4.62. The maximum atomic E-state index is 4.76. The van der Waals surface area contributed by atoms with E-state index in [0.717, 1.165) is 34.2 Å². The Kier molecular flexibility index (Phi) is 3.67. The second-order valence-corrected chi connectivity index (χ2v) is 5.10. The topological polar surface area (TPSA) is 24.9 Å². The number of anilines is 1. The van der Waals surface area contributed by atoms with Gasteiger partial charge in [-0.3, -0.25) is 4.98 Å². The van der Waals surface area contributed by atoms with E-state index < -0.39 is 0 Å². The third-order valence-corrected chi connectivity index (χ3v) is 3.60. The third kappa shape index (κ3) is 2.29. The van der Waals surface area contributed by atoms with Gasteiger partial charge >= 0.3 is 0 Å². The van der Waals surface area contributed by atoms with Crippen molar-refractivity contribution in [2.24, 2.45) is 0 Å². The molecule has 1 aromatic carbocycles. The first-order valence-electron chi connectivity index (χ1n) is 5.93. The molecule has 0 bridgehead atoms. The Bertz CT molecular complexity index is 549. The summed E-state index contributed by atoms with van der Waals surface area (Å²) in [5.74, 6) is 0. The summed E-state index contributed by atoms with van der Waals surface area (Å²) in [6.07, 6.45) is 2.14. The van der Waals surface area contributed by atoms with Crippen LogP contribution < -0.4 is 5.32 Å². The number of nitrogens with one attached hydrogen (secondary N) is 1. The van der Waals surface area contributed by atoms with Gasteiger partial charge in [0.25, 0.3) is 0 Å². The van der Waals surface area contributed by atoms with Gasteiger partial charge in [0.1, 0.15) is 0 Å². The first kappa shape index (κ1) is 12.4. The molecular formula is C14H17BrN2. The maximum absolute atomic E-state index is 4.76. The van der Waals surface area contributed by atoms with E-state index in [1.54, 1.807) is 0 Å². The average molecular weight is 293 g/mol. The summed E-state index contributed by atoms with van der Waals surface area (Å²) in [6, 6.07) is 6.34. The summed E-state index contributed by atoms with van der Waals surface area (Å²) in [7, 11) is 1.96. The molecule has 0 aliphatic heterocycles. The van der Waals surface area contributed by atoms with Crippen LogP contribution in [0.4, 0.5) is 5.69 Å². The number of aryl methyl sites for hydroxylation is 2. The summed E-state index contributed by atoms with van der Waals surface area (Å²) >= 11 is 3.61. The summed E-state index contributed by atoms with van der Waals surface area (Å²) < 4.78 is 1.10. The molecule has 0 saturated carbocycles. The molecule has 2 aromatic rings. The minimum Gasteiger partial charge on any atom is -0.387 e. The highest BCUT2D eigenvalue weighted by Crippen LogP contribution is 2.32. The Morgan fingerprint density at radius 2 is 2.12 bits per heavy atom. The molecule has 2 nitrogen and oxygen atoms in total. The normalized spacial score (nSPS) is 10.8. The highest BCUT2D eigenvalue weighted by Gasteiger charge is 2.09. The van der Waals surface area contributed by atoms with Gasteiger partial charge in [-0.05, 0) is 31.0 Å². The van der Waals surface area contributed by atoms with Gasteiger partial charge in [0.15, 0.2) is 0 Å². The van der Waals surface area contributed by atoms with E-state index in [4.69, 9.17) is 4.98 Å². The van der Waals surface area contributed by atoms with Crippen molar-refractivity contribution < 1.29 is 0 Å². The molecule has 0 aliphatic rings. The smallest absolute Gasteiger partial charge is 0.0766 e. The SMILES string of the molecule is CCCc1cc(NC)c2c(Br)ccc(C)c2n1. The van der Waals surface area contributed by atoms with Crippen LogP contribution in [-0.2, 0) is 6.42 Å². The van der Waals surface area contributed by atoms with Crippen LogP contribution in [-0.4, -0.2) is 12.0 Å². The fourth-order valence-corrected chi connectivity index (χ4v) is 2.60. The lowest BCUT2D eigenvalue weighted by Gasteiger charge is -2.12. The van der Waals surface area contributed by atoms with Gasteiger partial charge in [-0.1, -0.05) is 35.3 Å². The third-order valence-electron chi connectivity index (χ3n) is 2.94. The number of benzene rings is 1. The van der Waals surface area contributed by atoms with Crippen LogP contribution in [0.25, 0.3) is 10.9 Å². The van der Waals surface area contributed by atoms with E-state index in [9.17, 15) is 0 Å². The summed E-state index contributed by atoms with van der Waals surface area (Å²) in [5, 5.41) is 4.44. The van der Waals surface area contributed by atoms with Crippen molar-refractivity contribution in [2.45, 2.75) is 26.7 Å². The van der Waals surface area contributed by atoms with Crippen molar-refractivity contribution in [3.05, 3.63) is 33.9 Å². The van der Waals surface area contributed by atoms with E-state index in [2.05, 4.69) is 53.3 Å². The van der Waals surface area contributed by atoms with Crippen LogP contribution in [0.2, 0.25) is 0 Å². The zero-order valence-corrected chi connectivity index (χ0v) is 12.1. The molecular weight excluding hydrogens is 276 g/mol. The molecule has 17 heavy (non-hydrogen) atoms. The summed E-state index contributed by atoms with van der Waals surface area (Å²) in [6.45, 7) is 4.29. The molecule has 0 radical (unpaired) electrons. The molecule has 1 N–H and O–H groups in total. The molecule has 0 unspecified atom stereocenters. The predicted molar refractivity (Wildman–Crippen MR) is 77.7 cm³/mol. The zero-order chi connectivity index (χ0) is 12.4. The van der Waals surface area contributed by atoms with Crippen molar-refractivity contribution in [1.29, 1.82) is 0 Å². The molecule has 3 heteroatoms. The lowest BCUT2D eigenvalue weighted by molar-refractivity contribution is 0.889. The van der Waals surface area contributed by atoms with E-state index in [1.807, 2.05) is 7.05 Å². The number of pyridine rings is 1. The van der Waals surface area contributed by atoms with E-state index in [1.165, 1.54) is 10.9 Å². The zero-order valence-electron chi connectivity index (χ0n) is 10.5. The first-order chi connectivity index (χ1) is 8.17. The average Bonchev–Trinajstić information content (AvgIpc) is 2.33. The largest absolute Gasteiger partial charge is 0.387 e. The minimum atomic E-state index is 1.02. The Labute approximate surface area is 111 Å². The monoisotopic (exact) mass is 292 g/mol. The van der Waals surface area contributed by atoms with Crippen molar-refractivity contribution in [1.82, 2.24) is 4.98 Å². The Hall–Kier alpha value is -1.09. The molecule has 1 aromatic heterocycles. The number of fused-ring (bicyclic) bond motifs is 1. The molecule has 0 saturated heterocycles. The molecule has 0 atom stereocenters. The van der Waals surface area contributed by atoms with Crippen LogP contribution in [0.1, 0.15) is 24.6 Å². The molecule has 0 amide bonds. The van der Waals surface area contributed by atoms with Crippen molar-refractivity contribution in [3.63, 3.8) is 0 Å². The number of halogens is 1. The van der Waals surface area contributed by atoms with Crippen LogP contribution in [0.15, 0.2) is 22.7 Å². The molecule has 0 aliphatic carbocycles. The standard InChI is InChI=1S/C14H17BrN2/c1-4-5-10-8-12(16-3)13-11(15)7-6-9(2)14(13)17-10/h6-8H,4-5H2,1-3H3,(H,16,17). The second-order valence-electron chi connectivity index (χ2n) is 4.25. The van der Waals surface area contributed by atoms with E-state index in [-0.39, 0.29) is 0 Å². The van der Waals surface area contributed by atoms with Gasteiger partial charge in [-0.15, -0.1) is 0 Å². The Balaban J connectivity index is 2.77. The number of aromatic nitrogens is 1. The van der Waals surface area contributed by atoms with Crippen LogP contribution in [0, 0.1) is 6.92 Å². The van der Waals surface area contributed by atoms with Gasteiger partial charge < -0.3 is 5.32 Å². The summed E-state index contributed by atoms with van der Waals surface area (Å²) in [4.78, 5) is 4.76. The van der Waals surface area contributed by atoms with Gasteiger partial charge in [-0.25, -0.2) is 0 Å². The first-order valence-corrected chi connectivity index (χ1v) is 6.73. The van der Waals surface area contributed by atoms with Gasteiger partial charge in [0.05, 0.1) is 5.52 Å². The molecule has 90 valence electrons. The minimum absolute atomic E-state index is 1.02. The van der Waals surface area contributed by atoms with Crippen molar-refractivity contribution in [3.8, 4) is 0 Å². The Morgan fingerprint density at radius 3 is 2.76 bits per heavy atom.